The third-order valence-corrected chi connectivity index (χ3v) is 4.70. The van der Waals surface area contributed by atoms with Gasteiger partial charge in [0.25, 0.3) is 5.91 Å². The number of nitrogen functional groups attached to an aromatic ring is 1. The summed E-state index contributed by atoms with van der Waals surface area (Å²) >= 11 is 0. The van der Waals surface area contributed by atoms with Gasteiger partial charge in [-0.25, -0.2) is 4.90 Å². The van der Waals surface area contributed by atoms with Crippen molar-refractivity contribution in [3.63, 3.8) is 0 Å². The van der Waals surface area contributed by atoms with Crippen LogP contribution in [0.5, 0.6) is 11.5 Å². The summed E-state index contributed by atoms with van der Waals surface area (Å²) in [4.78, 5) is 28.4. The summed E-state index contributed by atoms with van der Waals surface area (Å²) in [6.45, 7) is 0. The molecule has 28 heavy (non-hydrogen) atoms. The second-order valence-electron chi connectivity index (χ2n) is 6.54. The quantitative estimate of drug-likeness (QED) is 0.601. The predicted molar refractivity (Wildman–Crippen MR) is 104 cm³/mol. The first-order valence-corrected chi connectivity index (χ1v) is 8.69. The largest absolute Gasteiger partial charge is 0.457 e. The van der Waals surface area contributed by atoms with E-state index in [1.165, 1.54) is 0 Å². The molecule has 2 aromatic carbocycles. The van der Waals surface area contributed by atoms with Crippen molar-refractivity contribution in [2.45, 2.75) is 18.9 Å². The molecule has 1 fully saturated rings. The molecule has 1 aliphatic heterocycles. The average molecular weight is 375 g/mol. The molecular weight excluding hydrogens is 358 g/mol. The number of imide groups is 1. The maximum absolute atomic E-state index is 12.2. The van der Waals surface area contributed by atoms with E-state index in [9.17, 15) is 14.9 Å². The van der Waals surface area contributed by atoms with Crippen molar-refractivity contribution in [1.29, 1.82) is 5.26 Å². The Morgan fingerprint density at radius 2 is 1.86 bits per heavy atom. The van der Waals surface area contributed by atoms with Gasteiger partial charge in [-0.05, 0) is 48.9 Å². The van der Waals surface area contributed by atoms with Crippen molar-refractivity contribution in [2.75, 3.05) is 10.6 Å². The second kappa shape index (κ2) is 6.72. The lowest BCUT2D eigenvalue weighted by molar-refractivity contribution is -0.130. The van der Waals surface area contributed by atoms with Gasteiger partial charge in [0.05, 0.1) is 11.7 Å². The lowest BCUT2D eigenvalue weighted by atomic mass is 10.0. The normalized spacial score (nSPS) is 17.0. The molecule has 3 aromatic rings. The van der Waals surface area contributed by atoms with Crippen molar-refractivity contribution in [3.05, 3.63) is 48.0 Å². The summed E-state index contributed by atoms with van der Waals surface area (Å²) in [7, 11) is 0. The summed E-state index contributed by atoms with van der Waals surface area (Å²) in [6, 6.07) is 13.3. The van der Waals surface area contributed by atoms with E-state index in [4.69, 9.17) is 16.2 Å². The first kappa shape index (κ1) is 17.6. The summed E-state index contributed by atoms with van der Waals surface area (Å²) in [6.07, 6.45) is 0.610. The molecular formula is C20H17N5O3. The zero-order valence-corrected chi connectivity index (χ0v) is 14.8. The Morgan fingerprint density at radius 3 is 2.57 bits per heavy atom. The molecule has 140 valence electrons. The fraction of sp³-hybridized carbons (Fsp3) is 0.150. The maximum atomic E-state index is 12.2. The number of hydrogen-bond acceptors (Lipinski definition) is 6. The lowest BCUT2D eigenvalue weighted by Crippen LogP contribution is -2.51. The molecule has 2 heterocycles. The van der Waals surface area contributed by atoms with Crippen LogP contribution < -0.4 is 21.1 Å². The number of benzene rings is 2. The Labute approximate surface area is 160 Å². The monoisotopic (exact) mass is 375 g/mol. The van der Waals surface area contributed by atoms with Crippen LogP contribution in [0.4, 0.5) is 11.5 Å². The van der Waals surface area contributed by atoms with Crippen LogP contribution >= 0.6 is 0 Å². The van der Waals surface area contributed by atoms with Gasteiger partial charge in [-0.1, -0.05) is 0 Å². The highest BCUT2D eigenvalue weighted by atomic mass is 16.5. The van der Waals surface area contributed by atoms with E-state index in [2.05, 4.69) is 11.1 Å². The molecule has 1 atom stereocenters. The highest BCUT2D eigenvalue weighted by molar-refractivity contribution is 6.18. The van der Waals surface area contributed by atoms with Crippen molar-refractivity contribution in [3.8, 4) is 17.6 Å². The molecule has 0 spiro atoms. The zero-order valence-electron chi connectivity index (χ0n) is 14.8. The summed E-state index contributed by atoms with van der Waals surface area (Å²) in [5.41, 5.74) is 13.1. The van der Waals surface area contributed by atoms with Crippen molar-refractivity contribution in [2.24, 2.45) is 5.73 Å². The molecule has 1 aromatic heterocycles. The number of aromatic amines is 1. The van der Waals surface area contributed by atoms with Crippen LogP contribution in [-0.2, 0) is 9.59 Å². The van der Waals surface area contributed by atoms with Crippen LogP contribution in [-0.4, -0.2) is 22.8 Å². The van der Waals surface area contributed by atoms with Gasteiger partial charge in [0, 0.05) is 17.3 Å². The molecule has 8 heteroatoms. The Balaban J connectivity index is 1.58. The Hall–Kier alpha value is -3.83. The van der Waals surface area contributed by atoms with Gasteiger partial charge < -0.3 is 21.2 Å². The zero-order chi connectivity index (χ0) is 19.8. The highest BCUT2D eigenvalue weighted by Crippen LogP contribution is 2.31. The van der Waals surface area contributed by atoms with E-state index < -0.39 is 11.9 Å². The number of H-pyrrole nitrogens is 1. The fourth-order valence-electron chi connectivity index (χ4n) is 3.25. The van der Waals surface area contributed by atoms with Gasteiger partial charge in [-0.3, -0.25) is 9.59 Å². The van der Waals surface area contributed by atoms with E-state index in [0.29, 0.717) is 40.4 Å². The summed E-state index contributed by atoms with van der Waals surface area (Å²) < 4.78 is 5.84. The number of rotatable bonds is 3. The summed E-state index contributed by atoms with van der Waals surface area (Å²) in [5.74, 6) is 0.701. The number of nitrogens with one attached hydrogen (secondary N) is 1. The first-order chi connectivity index (χ1) is 13.5. The molecule has 4 rings (SSSR count). The maximum Gasteiger partial charge on any atom is 0.250 e. The minimum atomic E-state index is -0.663. The number of nitrogens with zero attached hydrogens (tertiary/aromatic N) is 2. The number of hydrogen-bond donors (Lipinski definition) is 3. The number of amides is 2. The van der Waals surface area contributed by atoms with Gasteiger partial charge in [0.15, 0.2) is 0 Å². The fourth-order valence-corrected chi connectivity index (χ4v) is 3.25. The minimum absolute atomic E-state index is 0.242. The van der Waals surface area contributed by atoms with Gasteiger partial charge in [0.2, 0.25) is 5.91 Å². The van der Waals surface area contributed by atoms with E-state index in [1.807, 2.05) is 0 Å². The number of nitriles is 1. The smallest absolute Gasteiger partial charge is 0.250 e. The highest BCUT2D eigenvalue weighted by Gasteiger charge is 2.33. The number of anilines is 2. The van der Waals surface area contributed by atoms with Gasteiger partial charge in [0.1, 0.15) is 28.9 Å². The molecule has 0 radical (unpaired) electrons. The van der Waals surface area contributed by atoms with Crippen LogP contribution in [0.2, 0.25) is 0 Å². The molecule has 0 bridgehead atoms. The predicted octanol–water partition coefficient (Wildman–Crippen LogP) is 2.39. The molecule has 5 N–H and O–H groups in total. The molecule has 0 saturated carbocycles. The third-order valence-electron chi connectivity index (χ3n) is 4.70. The molecule has 1 unspecified atom stereocenters. The Bertz CT molecular complexity index is 1130. The van der Waals surface area contributed by atoms with Crippen molar-refractivity contribution < 1.29 is 14.3 Å². The van der Waals surface area contributed by atoms with Crippen molar-refractivity contribution in [1.82, 2.24) is 4.98 Å². The standard InChI is InChI=1S/C20H17N5O3/c21-10-15-14-9-13(5-7-17(14)24-19(15)23)28-12-3-1-11(2-4-12)25-18(26)8-6-16(22)20(25)27/h1-5,7,9,16,24H,6,8,22-23H2. The van der Waals surface area contributed by atoms with Crippen LogP contribution in [0.3, 0.4) is 0 Å². The van der Waals surface area contributed by atoms with Gasteiger partial charge in [-0.15, -0.1) is 0 Å². The van der Waals surface area contributed by atoms with E-state index in [0.717, 1.165) is 10.4 Å². The minimum Gasteiger partial charge on any atom is -0.457 e. The van der Waals surface area contributed by atoms with Crippen LogP contribution in [0.15, 0.2) is 42.5 Å². The SMILES string of the molecule is N#Cc1c(N)[nH]c2ccc(Oc3ccc(N4C(=O)CCC(N)C4=O)cc3)cc12. The van der Waals surface area contributed by atoms with Gasteiger partial charge >= 0.3 is 0 Å². The van der Waals surface area contributed by atoms with E-state index in [1.54, 1.807) is 42.5 Å². The number of nitrogens with two attached hydrogens (primary N) is 2. The second-order valence-corrected chi connectivity index (χ2v) is 6.54. The molecule has 1 aliphatic rings. The summed E-state index contributed by atoms with van der Waals surface area (Å²) in [5, 5.41) is 9.92. The molecule has 8 nitrogen and oxygen atoms in total. The topological polar surface area (TPSA) is 138 Å². The Morgan fingerprint density at radius 1 is 1.14 bits per heavy atom. The number of piperidine rings is 1. The number of carbonyl (C=O) groups is 2. The number of aromatic nitrogens is 1. The molecule has 2 amide bonds. The number of fused-ring (bicyclic) bond motifs is 1. The number of carbonyl (C=O) groups excluding carboxylic acids is 2. The van der Waals surface area contributed by atoms with E-state index >= 15 is 0 Å². The van der Waals surface area contributed by atoms with Gasteiger partial charge in [-0.2, -0.15) is 5.26 Å². The average Bonchev–Trinajstić information content (AvgIpc) is 3.00. The first-order valence-electron chi connectivity index (χ1n) is 8.69. The molecule has 1 saturated heterocycles. The van der Waals surface area contributed by atoms with Crippen LogP contribution in [0.25, 0.3) is 10.9 Å². The van der Waals surface area contributed by atoms with Crippen molar-refractivity contribution >= 4 is 34.2 Å². The number of ether oxygens (including phenoxy) is 1. The lowest BCUT2D eigenvalue weighted by Gasteiger charge is -2.28. The van der Waals surface area contributed by atoms with Crippen LogP contribution in [0, 0.1) is 11.3 Å². The molecule has 0 aliphatic carbocycles. The van der Waals surface area contributed by atoms with Crippen LogP contribution in [0.1, 0.15) is 18.4 Å². The third kappa shape index (κ3) is 2.94. The Kier molecular flexibility index (Phi) is 4.22. The van der Waals surface area contributed by atoms with E-state index in [-0.39, 0.29) is 12.3 Å².